The van der Waals surface area contributed by atoms with Crippen molar-refractivity contribution >= 4 is 29.4 Å². The van der Waals surface area contributed by atoms with Crippen molar-refractivity contribution in [2.45, 2.75) is 11.1 Å². The zero-order chi connectivity index (χ0) is 15.4. The van der Waals surface area contributed by atoms with Crippen LogP contribution in [0, 0.1) is 5.82 Å². The SMILES string of the molecule is O=C(NCc1ccc(F)cc1)c1ccc(C2SCCS2)cc1. The lowest BCUT2D eigenvalue weighted by atomic mass is 10.1. The highest BCUT2D eigenvalue weighted by Crippen LogP contribution is 2.45. The van der Waals surface area contributed by atoms with Crippen molar-refractivity contribution in [1.82, 2.24) is 5.32 Å². The average molecular weight is 333 g/mol. The number of rotatable bonds is 4. The Labute approximate surface area is 137 Å². The molecule has 2 nitrogen and oxygen atoms in total. The van der Waals surface area contributed by atoms with Gasteiger partial charge in [0.2, 0.25) is 0 Å². The molecule has 1 N–H and O–H groups in total. The summed E-state index contributed by atoms with van der Waals surface area (Å²) in [5, 5.41) is 2.85. The van der Waals surface area contributed by atoms with Crippen LogP contribution < -0.4 is 5.32 Å². The number of carbonyl (C=O) groups excluding carboxylic acids is 1. The molecular weight excluding hydrogens is 317 g/mol. The van der Waals surface area contributed by atoms with Gasteiger partial charge in [-0.25, -0.2) is 4.39 Å². The van der Waals surface area contributed by atoms with Crippen LogP contribution in [0.1, 0.15) is 26.1 Å². The first-order chi connectivity index (χ1) is 10.7. The maximum atomic E-state index is 12.8. The smallest absolute Gasteiger partial charge is 0.251 e. The van der Waals surface area contributed by atoms with Gasteiger partial charge in [0, 0.05) is 23.6 Å². The number of carbonyl (C=O) groups is 1. The molecule has 0 saturated carbocycles. The third kappa shape index (κ3) is 3.84. The van der Waals surface area contributed by atoms with Gasteiger partial charge in [-0.15, -0.1) is 23.5 Å². The Hall–Kier alpha value is -1.46. The fraction of sp³-hybridized carbons (Fsp3) is 0.235. The highest BCUT2D eigenvalue weighted by Gasteiger charge is 2.18. The molecule has 0 bridgehead atoms. The van der Waals surface area contributed by atoms with Crippen molar-refractivity contribution in [2.75, 3.05) is 11.5 Å². The Balaban J connectivity index is 1.58. The summed E-state index contributed by atoms with van der Waals surface area (Å²) in [4.78, 5) is 12.1. The van der Waals surface area contributed by atoms with E-state index in [-0.39, 0.29) is 11.7 Å². The van der Waals surface area contributed by atoms with Gasteiger partial charge in [-0.05, 0) is 35.4 Å². The minimum Gasteiger partial charge on any atom is -0.348 e. The molecule has 1 amide bonds. The van der Waals surface area contributed by atoms with Crippen LogP contribution in [-0.2, 0) is 6.54 Å². The van der Waals surface area contributed by atoms with E-state index in [0.717, 1.165) is 5.56 Å². The van der Waals surface area contributed by atoms with Gasteiger partial charge >= 0.3 is 0 Å². The molecule has 1 aliphatic heterocycles. The van der Waals surface area contributed by atoms with Crippen molar-refractivity contribution in [1.29, 1.82) is 0 Å². The summed E-state index contributed by atoms with van der Waals surface area (Å²) in [6, 6.07) is 13.9. The highest BCUT2D eigenvalue weighted by molar-refractivity contribution is 8.19. The first-order valence-electron chi connectivity index (χ1n) is 7.08. The van der Waals surface area contributed by atoms with Gasteiger partial charge in [-0.2, -0.15) is 0 Å². The molecule has 0 atom stereocenters. The maximum Gasteiger partial charge on any atom is 0.251 e. The molecule has 0 aromatic heterocycles. The van der Waals surface area contributed by atoms with Crippen LogP contribution in [0.25, 0.3) is 0 Å². The molecule has 3 rings (SSSR count). The van der Waals surface area contributed by atoms with Crippen LogP contribution in [0.15, 0.2) is 48.5 Å². The van der Waals surface area contributed by atoms with Crippen LogP contribution >= 0.6 is 23.5 Å². The standard InChI is InChI=1S/C17H16FNOS2/c18-15-7-1-12(2-8-15)11-19-16(20)13-3-5-14(6-4-13)17-21-9-10-22-17/h1-8,17H,9-11H2,(H,19,20). The molecule has 0 radical (unpaired) electrons. The summed E-state index contributed by atoms with van der Waals surface area (Å²) in [5.41, 5.74) is 2.80. The molecule has 1 saturated heterocycles. The molecule has 5 heteroatoms. The maximum absolute atomic E-state index is 12.8. The van der Waals surface area contributed by atoms with Crippen LogP contribution in [0.2, 0.25) is 0 Å². The first kappa shape index (κ1) is 15.4. The second kappa shape index (κ2) is 7.20. The Morgan fingerprint density at radius 3 is 2.32 bits per heavy atom. The van der Waals surface area contributed by atoms with E-state index in [1.807, 2.05) is 47.8 Å². The van der Waals surface area contributed by atoms with E-state index in [9.17, 15) is 9.18 Å². The molecule has 1 aliphatic rings. The van der Waals surface area contributed by atoms with Crippen molar-refractivity contribution in [3.8, 4) is 0 Å². The zero-order valence-electron chi connectivity index (χ0n) is 11.9. The summed E-state index contributed by atoms with van der Waals surface area (Å²) in [6.45, 7) is 0.398. The molecule has 114 valence electrons. The van der Waals surface area contributed by atoms with Gasteiger partial charge in [-0.1, -0.05) is 24.3 Å². The monoisotopic (exact) mass is 333 g/mol. The number of hydrogen-bond acceptors (Lipinski definition) is 3. The number of thioether (sulfide) groups is 2. The predicted octanol–water partition coefficient (Wildman–Crippen LogP) is 4.23. The van der Waals surface area contributed by atoms with Gasteiger partial charge in [0.1, 0.15) is 5.82 Å². The van der Waals surface area contributed by atoms with E-state index >= 15 is 0 Å². The van der Waals surface area contributed by atoms with Crippen LogP contribution in [0.5, 0.6) is 0 Å². The number of hydrogen-bond donors (Lipinski definition) is 1. The van der Waals surface area contributed by atoms with Gasteiger partial charge < -0.3 is 5.32 Å². The first-order valence-corrected chi connectivity index (χ1v) is 9.18. The van der Waals surface area contributed by atoms with E-state index in [4.69, 9.17) is 0 Å². The number of benzene rings is 2. The summed E-state index contributed by atoms with van der Waals surface area (Å²) < 4.78 is 13.3. The van der Waals surface area contributed by atoms with Crippen molar-refractivity contribution in [3.63, 3.8) is 0 Å². The molecular formula is C17H16FNOS2. The van der Waals surface area contributed by atoms with Crippen LogP contribution in [0.3, 0.4) is 0 Å². The predicted molar refractivity (Wildman–Crippen MR) is 91.7 cm³/mol. The summed E-state index contributed by atoms with van der Waals surface area (Å²) in [7, 11) is 0. The summed E-state index contributed by atoms with van der Waals surface area (Å²) in [5.74, 6) is 2.00. The van der Waals surface area contributed by atoms with Gasteiger partial charge in [0.15, 0.2) is 0 Å². The van der Waals surface area contributed by atoms with Gasteiger partial charge in [0.25, 0.3) is 5.91 Å². The fourth-order valence-corrected chi connectivity index (χ4v) is 5.09. The Kier molecular flexibility index (Phi) is 5.05. The minimum atomic E-state index is -0.270. The second-order valence-electron chi connectivity index (χ2n) is 5.00. The Morgan fingerprint density at radius 1 is 1.05 bits per heavy atom. The van der Waals surface area contributed by atoms with Crippen molar-refractivity contribution in [2.24, 2.45) is 0 Å². The topological polar surface area (TPSA) is 29.1 Å². The number of amides is 1. The van der Waals surface area contributed by atoms with Crippen LogP contribution in [0.4, 0.5) is 4.39 Å². The largest absolute Gasteiger partial charge is 0.348 e. The second-order valence-corrected chi connectivity index (χ2v) is 7.73. The fourth-order valence-electron chi connectivity index (χ4n) is 2.23. The zero-order valence-corrected chi connectivity index (χ0v) is 13.6. The Bertz CT molecular complexity index is 637. The third-order valence-corrected chi connectivity index (χ3v) is 6.54. The number of nitrogens with one attached hydrogen (secondary N) is 1. The van der Waals surface area contributed by atoms with Crippen molar-refractivity contribution < 1.29 is 9.18 Å². The van der Waals surface area contributed by atoms with E-state index < -0.39 is 0 Å². The van der Waals surface area contributed by atoms with Gasteiger partial charge in [0.05, 0.1) is 4.58 Å². The molecule has 0 spiro atoms. The summed E-state index contributed by atoms with van der Waals surface area (Å²) >= 11 is 3.90. The lowest BCUT2D eigenvalue weighted by Crippen LogP contribution is -2.22. The lowest BCUT2D eigenvalue weighted by molar-refractivity contribution is 0.0951. The molecule has 0 unspecified atom stereocenters. The number of halogens is 1. The molecule has 22 heavy (non-hydrogen) atoms. The quantitative estimate of drug-likeness (QED) is 0.907. The van der Waals surface area contributed by atoms with E-state index in [1.54, 1.807) is 12.1 Å². The van der Waals surface area contributed by atoms with E-state index in [0.29, 0.717) is 16.7 Å². The lowest BCUT2D eigenvalue weighted by Gasteiger charge is -2.09. The summed E-state index contributed by atoms with van der Waals surface area (Å²) in [6.07, 6.45) is 0. The molecule has 2 aromatic carbocycles. The Morgan fingerprint density at radius 2 is 1.68 bits per heavy atom. The highest BCUT2D eigenvalue weighted by atomic mass is 32.2. The van der Waals surface area contributed by atoms with Gasteiger partial charge in [-0.3, -0.25) is 4.79 Å². The third-order valence-electron chi connectivity index (χ3n) is 3.43. The normalized spacial score (nSPS) is 15.0. The molecule has 1 heterocycles. The molecule has 0 aliphatic carbocycles. The minimum absolute atomic E-state index is 0.109. The van der Waals surface area contributed by atoms with E-state index in [1.165, 1.54) is 29.2 Å². The molecule has 2 aromatic rings. The molecule has 1 fully saturated rings. The van der Waals surface area contributed by atoms with Crippen molar-refractivity contribution in [3.05, 3.63) is 71.0 Å². The van der Waals surface area contributed by atoms with E-state index in [2.05, 4.69) is 5.32 Å². The van der Waals surface area contributed by atoms with Crippen LogP contribution in [-0.4, -0.2) is 17.4 Å². The average Bonchev–Trinajstić information content (AvgIpc) is 3.09.